The van der Waals surface area contributed by atoms with E-state index in [1.54, 1.807) is 6.26 Å². The number of anilines is 3. The maximum absolute atomic E-state index is 6.11. The third-order valence-electron chi connectivity index (χ3n) is 3.27. The van der Waals surface area contributed by atoms with Crippen LogP contribution in [-0.2, 0) is 13.1 Å². The Morgan fingerprint density at radius 1 is 1.00 bits per heavy atom. The van der Waals surface area contributed by atoms with Gasteiger partial charge in [-0.15, -0.1) is 0 Å². The van der Waals surface area contributed by atoms with Crippen LogP contribution in [0.2, 0.25) is 5.02 Å². The van der Waals surface area contributed by atoms with E-state index in [9.17, 15) is 0 Å². The highest BCUT2D eigenvalue weighted by molar-refractivity contribution is 6.30. The van der Waals surface area contributed by atoms with E-state index in [0.29, 0.717) is 35.4 Å². The van der Waals surface area contributed by atoms with Crippen molar-refractivity contribution in [2.75, 3.05) is 16.4 Å². The number of nitrogens with zero attached hydrogens (tertiary/aromatic N) is 2. The van der Waals surface area contributed by atoms with Gasteiger partial charge in [0.05, 0.1) is 12.8 Å². The number of hydrogen-bond donors (Lipinski definition) is 3. The van der Waals surface area contributed by atoms with Gasteiger partial charge in [-0.05, 0) is 29.8 Å². The molecule has 3 aromatic rings. The minimum atomic E-state index is 0.466. The van der Waals surface area contributed by atoms with Crippen LogP contribution < -0.4 is 16.4 Å². The lowest BCUT2D eigenvalue weighted by Gasteiger charge is -2.12. The van der Waals surface area contributed by atoms with Crippen molar-refractivity contribution in [3.8, 4) is 0 Å². The molecule has 0 atom stereocenters. The molecule has 3 rings (SSSR count). The van der Waals surface area contributed by atoms with E-state index in [2.05, 4.69) is 20.6 Å². The molecule has 1 aromatic carbocycles. The lowest BCUT2D eigenvalue weighted by Crippen LogP contribution is -2.09. The summed E-state index contributed by atoms with van der Waals surface area (Å²) in [4.78, 5) is 8.34. The molecule has 118 valence electrons. The fourth-order valence-electron chi connectivity index (χ4n) is 2.05. The van der Waals surface area contributed by atoms with Gasteiger partial charge in [-0.3, -0.25) is 0 Å². The van der Waals surface area contributed by atoms with E-state index in [-0.39, 0.29) is 0 Å². The van der Waals surface area contributed by atoms with Gasteiger partial charge in [-0.2, -0.15) is 0 Å². The first kappa shape index (κ1) is 15.2. The molecule has 0 fully saturated rings. The fraction of sp³-hybridized carbons (Fsp3) is 0.125. The summed E-state index contributed by atoms with van der Waals surface area (Å²) in [7, 11) is 0. The van der Waals surface area contributed by atoms with Gasteiger partial charge in [0.25, 0.3) is 0 Å². The van der Waals surface area contributed by atoms with Crippen molar-refractivity contribution in [3.63, 3.8) is 0 Å². The lowest BCUT2D eigenvalue weighted by atomic mass is 10.2. The second-order valence-corrected chi connectivity index (χ2v) is 5.33. The molecule has 0 unspecified atom stereocenters. The molecular formula is C16H16ClN5O. The summed E-state index contributed by atoms with van der Waals surface area (Å²) < 4.78 is 5.27. The van der Waals surface area contributed by atoms with Crippen molar-refractivity contribution in [2.24, 2.45) is 0 Å². The predicted octanol–water partition coefficient (Wildman–Crippen LogP) is 3.53. The van der Waals surface area contributed by atoms with E-state index in [1.165, 1.54) is 6.33 Å². The van der Waals surface area contributed by atoms with E-state index in [1.807, 2.05) is 36.4 Å². The largest absolute Gasteiger partial charge is 0.467 e. The summed E-state index contributed by atoms with van der Waals surface area (Å²) in [5.41, 5.74) is 7.66. The van der Waals surface area contributed by atoms with Gasteiger partial charge in [-0.25, -0.2) is 9.97 Å². The minimum absolute atomic E-state index is 0.466. The Labute approximate surface area is 138 Å². The van der Waals surface area contributed by atoms with E-state index in [0.717, 1.165) is 11.3 Å². The average Bonchev–Trinajstić information content (AvgIpc) is 3.08. The Morgan fingerprint density at radius 2 is 1.70 bits per heavy atom. The number of furan rings is 1. The first-order valence-corrected chi connectivity index (χ1v) is 7.45. The number of hydrogen-bond acceptors (Lipinski definition) is 6. The molecule has 0 aliphatic heterocycles. The van der Waals surface area contributed by atoms with Crippen LogP contribution >= 0.6 is 11.6 Å². The standard InChI is InChI=1S/C16H16ClN5O/c17-12-5-3-11(4-6-12)8-19-15-14(18)16(22-10-21-15)20-9-13-2-1-7-23-13/h1-7,10H,8-9,18H2,(H2,19,20,21,22). The molecule has 0 bridgehead atoms. The molecule has 0 saturated carbocycles. The van der Waals surface area contributed by atoms with Gasteiger partial charge in [0.1, 0.15) is 17.8 Å². The third kappa shape index (κ3) is 3.92. The molecule has 23 heavy (non-hydrogen) atoms. The maximum atomic E-state index is 6.11. The summed E-state index contributed by atoms with van der Waals surface area (Å²) in [6, 6.07) is 11.3. The smallest absolute Gasteiger partial charge is 0.155 e. The summed E-state index contributed by atoms with van der Waals surface area (Å²) in [6.45, 7) is 1.10. The Bertz CT molecular complexity index is 759. The highest BCUT2D eigenvalue weighted by atomic mass is 35.5. The van der Waals surface area contributed by atoms with Crippen LogP contribution in [0.25, 0.3) is 0 Å². The van der Waals surface area contributed by atoms with Crippen molar-refractivity contribution in [1.29, 1.82) is 0 Å². The number of benzene rings is 1. The lowest BCUT2D eigenvalue weighted by molar-refractivity contribution is 0.518. The molecule has 4 N–H and O–H groups in total. The summed E-state index contributed by atoms with van der Waals surface area (Å²) in [5.74, 6) is 1.95. The average molecular weight is 330 g/mol. The molecule has 0 saturated heterocycles. The van der Waals surface area contributed by atoms with Gasteiger partial charge < -0.3 is 20.8 Å². The second kappa shape index (κ2) is 7.02. The monoisotopic (exact) mass is 329 g/mol. The molecule has 7 heteroatoms. The van der Waals surface area contributed by atoms with Crippen molar-refractivity contribution in [2.45, 2.75) is 13.1 Å². The molecule has 0 spiro atoms. The topological polar surface area (TPSA) is 89.0 Å². The number of nitrogens with one attached hydrogen (secondary N) is 2. The zero-order chi connectivity index (χ0) is 16.1. The molecule has 0 amide bonds. The Hall–Kier alpha value is -2.73. The molecule has 0 aliphatic rings. The molecule has 0 aliphatic carbocycles. The van der Waals surface area contributed by atoms with Gasteiger partial charge >= 0.3 is 0 Å². The van der Waals surface area contributed by atoms with E-state index >= 15 is 0 Å². The number of nitrogens with two attached hydrogens (primary N) is 1. The van der Waals surface area contributed by atoms with Crippen LogP contribution in [0.3, 0.4) is 0 Å². The fourth-order valence-corrected chi connectivity index (χ4v) is 2.18. The van der Waals surface area contributed by atoms with Crippen LogP contribution in [0.1, 0.15) is 11.3 Å². The highest BCUT2D eigenvalue weighted by Gasteiger charge is 2.08. The van der Waals surface area contributed by atoms with Crippen molar-refractivity contribution in [3.05, 3.63) is 65.3 Å². The van der Waals surface area contributed by atoms with Gasteiger partial charge in [0, 0.05) is 11.6 Å². The molecule has 6 nitrogen and oxygen atoms in total. The minimum Gasteiger partial charge on any atom is -0.467 e. The zero-order valence-corrected chi connectivity index (χ0v) is 13.0. The van der Waals surface area contributed by atoms with Crippen LogP contribution in [0.15, 0.2) is 53.4 Å². The van der Waals surface area contributed by atoms with Crippen molar-refractivity contribution >= 4 is 28.9 Å². The SMILES string of the molecule is Nc1c(NCc2ccc(Cl)cc2)ncnc1NCc1ccco1. The van der Waals surface area contributed by atoms with Crippen LogP contribution in [0, 0.1) is 0 Å². The second-order valence-electron chi connectivity index (χ2n) is 4.90. The summed E-state index contributed by atoms with van der Waals surface area (Å²) >= 11 is 5.87. The Kier molecular flexibility index (Phi) is 4.63. The third-order valence-corrected chi connectivity index (χ3v) is 3.52. The number of nitrogen functional groups attached to an aromatic ring is 1. The Balaban J connectivity index is 1.65. The predicted molar refractivity (Wildman–Crippen MR) is 91.3 cm³/mol. The number of aromatic nitrogens is 2. The van der Waals surface area contributed by atoms with E-state index < -0.39 is 0 Å². The van der Waals surface area contributed by atoms with Crippen LogP contribution in [0.4, 0.5) is 17.3 Å². The zero-order valence-electron chi connectivity index (χ0n) is 12.3. The first-order valence-electron chi connectivity index (χ1n) is 7.07. The maximum Gasteiger partial charge on any atom is 0.155 e. The number of rotatable bonds is 6. The summed E-state index contributed by atoms with van der Waals surface area (Å²) in [6.07, 6.45) is 3.09. The molecule has 0 radical (unpaired) electrons. The van der Waals surface area contributed by atoms with Crippen LogP contribution in [0.5, 0.6) is 0 Å². The van der Waals surface area contributed by atoms with Gasteiger partial charge in [0.15, 0.2) is 11.6 Å². The quantitative estimate of drug-likeness (QED) is 0.641. The first-order chi connectivity index (χ1) is 11.2. The summed E-state index contributed by atoms with van der Waals surface area (Å²) in [5, 5.41) is 7.04. The normalized spacial score (nSPS) is 10.5. The van der Waals surface area contributed by atoms with E-state index in [4.69, 9.17) is 21.8 Å². The highest BCUT2D eigenvalue weighted by Crippen LogP contribution is 2.23. The van der Waals surface area contributed by atoms with Gasteiger partial charge in [-0.1, -0.05) is 23.7 Å². The number of halogens is 1. The van der Waals surface area contributed by atoms with Crippen LogP contribution in [-0.4, -0.2) is 9.97 Å². The molecular weight excluding hydrogens is 314 g/mol. The Morgan fingerprint density at radius 3 is 2.35 bits per heavy atom. The van der Waals surface area contributed by atoms with Crippen molar-refractivity contribution < 1.29 is 4.42 Å². The molecule has 2 heterocycles. The van der Waals surface area contributed by atoms with Gasteiger partial charge in [0.2, 0.25) is 0 Å². The molecule has 2 aromatic heterocycles. The van der Waals surface area contributed by atoms with Crippen molar-refractivity contribution in [1.82, 2.24) is 9.97 Å².